The molecule has 4 fully saturated rings. The molecule has 0 radical (unpaired) electrons. The number of H-pyrrole nitrogens is 3. The van der Waals surface area contributed by atoms with Crippen molar-refractivity contribution >= 4 is 17.8 Å². The van der Waals surface area contributed by atoms with Crippen molar-refractivity contribution in [3.8, 4) is 0 Å². The van der Waals surface area contributed by atoms with Gasteiger partial charge in [-0.1, -0.05) is 208 Å². The average Bonchev–Trinajstić information content (AvgIpc) is 1.55. The van der Waals surface area contributed by atoms with Crippen LogP contribution < -0.4 is 66.2 Å². The summed E-state index contributed by atoms with van der Waals surface area (Å²) in [5, 5.41) is 13.1. The normalized spacial score (nSPS) is 11.8. The van der Waals surface area contributed by atoms with Gasteiger partial charge in [0.25, 0.3) is 27.8 Å². The van der Waals surface area contributed by atoms with Crippen LogP contribution in [0, 0.1) is 0 Å². The molecule has 31 nitrogen and oxygen atoms in total. The molecule has 7 aromatic heterocycles. The van der Waals surface area contributed by atoms with E-state index in [1.807, 2.05) is 317 Å². The number of nitrogens with zero attached hydrogens (tertiary/aromatic N) is 13. The van der Waals surface area contributed by atoms with Crippen LogP contribution in [0.3, 0.4) is 0 Å². The highest BCUT2D eigenvalue weighted by Crippen LogP contribution is 2.14. The number of carbonyl (C=O) groups is 3. The summed E-state index contributed by atoms with van der Waals surface area (Å²) < 4.78 is 9.22. The van der Waals surface area contributed by atoms with Crippen LogP contribution in [0.5, 0.6) is 0 Å². The van der Waals surface area contributed by atoms with Crippen molar-refractivity contribution in [2.75, 3.05) is 59.0 Å². The van der Waals surface area contributed by atoms with Crippen molar-refractivity contribution in [2.45, 2.75) is 433 Å². The predicted octanol–water partition coefficient (Wildman–Crippen LogP) is 21.9. The van der Waals surface area contributed by atoms with Crippen LogP contribution in [-0.4, -0.2) is 178 Å². The number of nitrogens with one attached hydrogen (secondary N) is 6. The number of carbonyl (C=O) groups excluding carboxylic acids is 3. The summed E-state index contributed by atoms with van der Waals surface area (Å²) >= 11 is 0. The Labute approximate surface area is 834 Å². The number of urea groups is 1. The van der Waals surface area contributed by atoms with E-state index in [4.69, 9.17) is 0 Å². The largest absolute Gasteiger partial charge is 0.347 e. The molecule has 31 heteroatoms. The zero-order valence-corrected chi connectivity index (χ0v) is 92.2. The van der Waals surface area contributed by atoms with Crippen LogP contribution in [0.4, 0.5) is 4.79 Å². The molecule has 804 valence electrons. The predicted molar refractivity (Wildman–Crippen MR) is 594 cm³/mol. The fraction of sp³-hybridized carbons (Fsp3) is 0.689. The zero-order valence-electron chi connectivity index (χ0n) is 92.2. The molecule has 4 saturated heterocycles. The van der Waals surface area contributed by atoms with Crippen molar-refractivity contribution in [3.63, 3.8) is 0 Å². The number of aromatic nitrogens is 12. The van der Waals surface area contributed by atoms with E-state index < -0.39 is 11.1 Å². The summed E-state index contributed by atoms with van der Waals surface area (Å²) in [4.78, 5) is 154. The third-order valence-electron chi connectivity index (χ3n) is 16.8. The van der Waals surface area contributed by atoms with Crippen molar-refractivity contribution in [1.29, 1.82) is 0 Å². The SMILES string of the molecule is C.C.C.C.CC.CC.CC.CC.CC.CC.CC.CC.CC.CC.CC.CC(C)(C)n1ncccc1=O.CC(C)N1CCCCC1=O.CC(C)N1CCCNC1=O.CC(C)N1CCNC1.CC(C)N1CCNCC1=O.CC(C)c1ccc[nH]c1=O.CC(C)n1cc[nH]c(=O)c1=O.CC(C)n1ccc(=O)[nH]c1=O.CC(C)n1ccccc1=O.CC(C)n1cccnc1=O.CC(C)n1ccncc1=O. The highest BCUT2D eigenvalue weighted by atomic mass is 16.2. The summed E-state index contributed by atoms with van der Waals surface area (Å²) in [6, 6.07) is 17.8. The van der Waals surface area contributed by atoms with E-state index in [9.17, 15) is 57.5 Å². The van der Waals surface area contributed by atoms with Gasteiger partial charge in [0.1, 0.15) is 0 Å². The second-order valence-electron chi connectivity index (χ2n) is 30.1. The van der Waals surface area contributed by atoms with Gasteiger partial charge in [0.15, 0.2) is 0 Å². The summed E-state index contributed by atoms with van der Waals surface area (Å²) in [7, 11) is 0. The van der Waals surface area contributed by atoms with Gasteiger partial charge in [-0.3, -0.25) is 67.2 Å². The molecule has 4 amide bonds. The van der Waals surface area contributed by atoms with E-state index in [0.29, 0.717) is 42.5 Å². The van der Waals surface area contributed by atoms with Crippen molar-refractivity contribution in [3.05, 3.63) is 222 Å². The number of rotatable bonds is 10. The van der Waals surface area contributed by atoms with Gasteiger partial charge < -0.3 is 54.3 Å². The molecule has 0 bridgehead atoms. The molecule has 0 aliphatic carbocycles. The van der Waals surface area contributed by atoms with Gasteiger partial charge in [-0.25, -0.2) is 24.0 Å². The third-order valence-corrected chi connectivity index (χ3v) is 16.8. The van der Waals surface area contributed by atoms with Crippen LogP contribution in [0.1, 0.15) is 409 Å². The second-order valence-corrected chi connectivity index (χ2v) is 30.1. The molecule has 137 heavy (non-hydrogen) atoms. The Balaban J connectivity index is -0.0000000898. The van der Waals surface area contributed by atoms with Gasteiger partial charge in [0.2, 0.25) is 11.8 Å². The molecule has 0 aromatic carbocycles. The lowest BCUT2D eigenvalue weighted by atomic mass is 10.1. The lowest BCUT2D eigenvalue weighted by Gasteiger charge is -2.30. The molecular weight excluding hydrogens is 1730 g/mol. The number of amides is 4. The first kappa shape index (κ1) is 161. The first-order chi connectivity index (χ1) is 63.1. The molecule has 4 aliphatic heterocycles. The molecule has 6 N–H and O–H groups in total. The monoisotopic (exact) mass is 1940 g/mol. The summed E-state index contributed by atoms with van der Waals surface area (Å²) in [5.74, 6) is 0.868. The van der Waals surface area contributed by atoms with E-state index in [1.54, 1.807) is 81.3 Å². The topological polar surface area (TPSA) is 370 Å². The minimum atomic E-state index is -0.568. The van der Waals surface area contributed by atoms with Crippen molar-refractivity contribution in [1.82, 2.24) is 93.1 Å². The van der Waals surface area contributed by atoms with Gasteiger partial charge >= 0.3 is 28.5 Å². The minimum absolute atomic E-state index is 0. The van der Waals surface area contributed by atoms with Gasteiger partial charge in [0, 0.05) is 199 Å². The quantitative estimate of drug-likeness (QED) is 0.0693. The first-order valence-corrected chi connectivity index (χ1v) is 49.4. The Morgan fingerprint density at radius 1 is 0.365 bits per heavy atom. The lowest BCUT2D eigenvalue weighted by Crippen LogP contribution is -2.50. The van der Waals surface area contributed by atoms with Gasteiger partial charge in [0.05, 0.1) is 18.3 Å². The van der Waals surface area contributed by atoms with E-state index >= 15 is 0 Å². The summed E-state index contributed by atoms with van der Waals surface area (Å²) in [5.41, 5.74) is -1.34. The maximum atomic E-state index is 11.2. The number of pyridine rings is 2. The molecule has 11 rings (SSSR count). The van der Waals surface area contributed by atoms with E-state index in [2.05, 4.69) is 78.6 Å². The molecule has 0 spiro atoms. The maximum Gasteiger partial charge on any atom is 0.347 e. The summed E-state index contributed by atoms with van der Waals surface area (Å²) in [6.45, 7) is 98.3. The van der Waals surface area contributed by atoms with Gasteiger partial charge in [-0.2, -0.15) is 5.10 Å². The van der Waals surface area contributed by atoms with E-state index in [-0.39, 0.29) is 117 Å². The fourth-order valence-electron chi connectivity index (χ4n) is 10.5. The van der Waals surface area contributed by atoms with Crippen LogP contribution >= 0.6 is 0 Å². The number of likely N-dealkylation sites (tertiary alicyclic amines) is 1. The lowest BCUT2D eigenvalue weighted by molar-refractivity contribution is -0.135. The molecule has 0 atom stereocenters. The summed E-state index contributed by atoms with van der Waals surface area (Å²) in [6.07, 6.45) is 21.5. The fourth-order valence-corrected chi connectivity index (χ4v) is 10.5. The standard InChI is InChI=1S/C8H12N2O.C8H15NO.2C8H11NO.2C7H10N2O2.C7H14N2O.C7H10N2O.C7H14N2O.C7H10N2O.C6H14N2.11C2H6.4CH4/c1-8(2,3)10-7(11)5-4-6-9-10;2*1-7(2)9-6-4-3-5-8(9)10;1-6(2)7-4-3-5-9-8(7)10;1-5(2)9-4-3-8-6(10)7(9)11;1-5(2)9-4-3-6(10)8-7(9)11;2*1-6(2)9-4-3-8-5-7(9)10;2*1-6(2)9-5-3-4-8-7(9)10;1-6(2)8-4-3-7-5-8;11*1-2;;;;/h4-6H,1-3H3;7H,3-6H2,1-2H3;3-7H,1-2H3;3-6H,1-2H3,(H,9,10);3-5H,1-2H3,(H,8,10);3-5H,1-2H3,(H,8,10,11);6,8H,3-5H2,1-2H3;3-6H,1-2H3;6H,3-5H2,1-2H3,(H,8,10);3-6H,1-2H3;6-7H,3-5H2,1-2H3;11*1-2H3;4*1H4. The molecular formula is C106H213N19O12. The van der Waals surface area contributed by atoms with Crippen LogP contribution in [0.15, 0.2) is 166 Å². The third kappa shape index (κ3) is 77.6. The second kappa shape index (κ2) is 105. The van der Waals surface area contributed by atoms with Gasteiger partial charge in [-0.15, -0.1) is 0 Å². The Bertz CT molecular complexity index is 4080. The molecule has 11 heterocycles. The van der Waals surface area contributed by atoms with Crippen molar-refractivity contribution < 1.29 is 14.4 Å². The first-order valence-electron chi connectivity index (χ1n) is 49.4. The smallest absolute Gasteiger partial charge is 0.340 e. The Morgan fingerprint density at radius 3 is 1.15 bits per heavy atom. The molecule has 0 saturated carbocycles. The molecule has 4 aliphatic rings. The van der Waals surface area contributed by atoms with Gasteiger partial charge in [-0.05, 0) is 195 Å². The number of aromatic amines is 3. The Kier molecular flexibility index (Phi) is 123. The highest BCUT2D eigenvalue weighted by molar-refractivity contribution is 5.79. The average molecular weight is 1950 g/mol. The number of hydrogen-bond donors (Lipinski definition) is 6. The molecule has 0 unspecified atom stereocenters. The zero-order chi connectivity index (χ0) is 106. The number of piperazine rings is 1. The van der Waals surface area contributed by atoms with Crippen LogP contribution in [0.25, 0.3) is 0 Å². The minimum Gasteiger partial charge on any atom is -0.340 e. The number of hydrogen-bond acceptors (Lipinski definition) is 18. The highest BCUT2D eigenvalue weighted by Gasteiger charge is 2.22. The van der Waals surface area contributed by atoms with Crippen LogP contribution in [0.2, 0.25) is 0 Å². The number of piperidine rings is 1. The molecule has 7 aromatic rings. The van der Waals surface area contributed by atoms with E-state index in [1.165, 1.54) is 63.7 Å². The maximum absolute atomic E-state index is 11.2. The Hall–Kier alpha value is -10.0. The van der Waals surface area contributed by atoms with E-state index in [0.717, 1.165) is 70.8 Å². The van der Waals surface area contributed by atoms with Crippen molar-refractivity contribution in [2.24, 2.45) is 0 Å². The Morgan fingerprint density at radius 2 is 0.825 bits per heavy atom. The van der Waals surface area contributed by atoms with Crippen LogP contribution in [-0.2, 0) is 15.1 Å².